The van der Waals surface area contributed by atoms with Crippen molar-refractivity contribution in [1.82, 2.24) is 25.5 Å². The number of carbonyl (C=O) groups is 1. The van der Waals surface area contributed by atoms with Crippen LogP contribution in [0.4, 0.5) is 4.39 Å². The molecule has 152 valence electrons. The fraction of sp³-hybridized carbons (Fsp3) is 0.421. The molecule has 3 N–H and O–H groups in total. The Kier molecular flexibility index (Phi) is 8.68. The van der Waals surface area contributed by atoms with Crippen molar-refractivity contribution in [2.75, 3.05) is 19.6 Å². The van der Waals surface area contributed by atoms with Gasteiger partial charge < -0.3 is 20.5 Å². The van der Waals surface area contributed by atoms with Crippen LogP contribution in [0, 0.1) is 11.7 Å². The number of nitrogens with one attached hydrogen (secondary N) is 3. The predicted octanol–water partition coefficient (Wildman–Crippen LogP) is 2.21. The lowest BCUT2D eigenvalue weighted by Gasteiger charge is -2.12. The zero-order valence-corrected chi connectivity index (χ0v) is 18.2. The quantitative estimate of drug-likeness (QED) is 0.225. The number of benzene rings is 1. The molecule has 0 saturated heterocycles. The van der Waals surface area contributed by atoms with Gasteiger partial charge in [0.15, 0.2) is 5.96 Å². The van der Waals surface area contributed by atoms with Crippen LogP contribution < -0.4 is 16.0 Å². The molecule has 1 saturated carbocycles. The lowest BCUT2D eigenvalue weighted by atomic mass is 10.2. The van der Waals surface area contributed by atoms with E-state index in [1.54, 1.807) is 29.4 Å². The lowest BCUT2D eigenvalue weighted by molar-refractivity contribution is -0.122. The third-order valence-electron chi connectivity index (χ3n) is 4.22. The van der Waals surface area contributed by atoms with Crippen molar-refractivity contribution in [3.05, 3.63) is 48.3 Å². The summed E-state index contributed by atoms with van der Waals surface area (Å²) in [5.41, 5.74) is 1.23. The number of aromatic nitrogens is 2. The second-order valence-corrected chi connectivity index (χ2v) is 6.44. The van der Waals surface area contributed by atoms with E-state index in [-0.39, 0.29) is 41.6 Å². The van der Waals surface area contributed by atoms with Gasteiger partial charge in [0.05, 0.1) is 18.6 Å². The van der Waals surface area contributed by atoms with Gasteiger partial charge in [-0.3, -0.25) is 4.79 Å². The van der Waals surface area contributed by atoms with Crippen LogP contribution in [0.1, 0.15) is 25.3 Å². The van der Waals surface area contributed by atoms with E-state index < -0.39 is 0 Å². The van der Waals surface area contributed by atoms with Crippen molar-refractivity contribution in [2.45, 2.75) is 26.3 Å². The number of carbonyl (C=O) groups excluding carboxylic acids is 1. The SMILES string of the molecule is CCNC(=NCc1ccc(-n2ccnc2)c(F)c1)NCCNC(=O)C1CC1.I. The summed E-state index contributed by atoms with van der Waals surface area (Å²) in [6, 6.07) is 5.05. The van der Waals surface area contributed by atoms with E-state index in [0.29, 0.717) is 37.8 Å². The van der Waals surface area contributed by atoms with E-state index in [1.807, 2.05) is 13.0 Å². The molecular formula is C19H26FIN6O. The average molecular weight is 500 g/mol. The highest BCUT2D eigenvalue weighted by atomic mass is 127. The number of hydrogen-bond acceptors (Lipinski definition) is 3. The molecular weight excluding hydrogens is 474 g/mol. The minimum atomic E-state index is -0.318. The van der Waals surface area contributed by atoms with Gasteiger partial charge in [-0.1, -0.05) is 6.07 Å². The fourth-order valence-corrected chi connectivity index (χ4v) is 2.63. The molecule has 1 aromatic carbocycles. The molecule has 1 fully saturated rings. The van der Waals surface area contributed by atoms with Crippen molar-refractivity contribution in [3.63, 3.8) is 0 Å². The molecule has 2 aromatic rings. The minimum Gasteiger partial charge on any atom is -0.357 e. The Morgan fingerprint density at radius 1 is 1.29 bits per heavy atom. The maximum Gasteiger partial charge on any atom is 0.223 e. The molecule has 28 heavy (non-hydrogen) atoms. The van der Waals surface area contributed by atoms with Crippen molar-refractivity contribution in [1.29, 1.82) is 0 Å². The standard InChI is InChI=1S/C19H25FN6O.HI/c1-2-22-19(24-8-7-23-18(27)15-4-5-15)25-12-14-3-6-17(16(20)11-14)26-10-9-21-13-26;/h3,6,9-11,13,15H,2,4-5,7-8,12H2,1H3,(H,23,27)(H2,22,24,25);1H. The molecule has 9 heteroatoms. The first-order valence-electron chi connectivity index (χ1n) is 9.24. The summed E-state index contributed by atoms with van der Waals surface area (Å²) in [7, 11) is 0. The number of imidazole rings is 1. The summed E-state index contributed by atoms with van der Waals surface area (Å²) in [4.78, 5) is 20.0. The number of guanidine groups is 1. The normalized spacial score (nSPS) is 13.6. The van der Waals surface area contributed by atoms with Crippen LogP contribution >= 0.6 is 24.0 Å². The molecule has 0 aliphatic heterocycles. The molecule has 0 atom stereocenters. The monoisotopic (exact) mass is 500 g/mol. The fourth-order valence-electron chi connectivity index (χ4n) is 2.63. The molecule has 0 bridgehead atoms. The Morgan fingerprint density at radius 3 is 2.71 bits per heavy atom. The van der Waals surface area contributed by atoms with Gasteiger partial charge in [0.25, 0.3) is 0 Å². The molecule has 3 rings (SSSR count). The Balaban J connectivity index is 0.00000280. The van der Waals surface area contributed by atoms with E-state index in [0.717, 1.165) is 18.4 Å². The summed E-state index contributed by atoms with van der Waals surface area (Å²) in [5.74, 6) is 0.665. The highest BCUT2D eigenvalue weighted by Gasteiger charge is 2.28. The van der Waals surface area contributed by atoms with Gasteiger partial charge in [-0.25, -0.2) is 14.4 Å². The molecule has 7 nitrogen and oxygen atoms in total. The van der Waals surface area contributed by atoms with E-state index in [4.69, 9.17) is 0 Å². The zero-order chi connectivity index (χ0) is 19.1. The molecule has 1 aliphatic carbocycles. The second-order valence-electron chi connectivity index (χ2n) is 6.44. The van der Waals surface area contributed by atoms with E-state index >= 15 is 0 Å². The average Bonchev–Trinajstić information content (AvgIpc) is 3.38. The van der Waals surface area contributed by atoms with Gasteiger partial charge in [-0.2, -0.15) is 0 Å². The first-order chi connectivity index (χ1) is 13.2. The predicted molar refractivity (Wildman–Crippen MR) is 117 cm³/mol. The third kappa shape index (κ3) is 6.47. The molecule has 1 aromatic heterocycles. The number of nitrogens with zero attached hydrogens (tertiary/aromatic N) is 3. The van der Waals surface area contributed by atoms with Crippen LogP contribution in [0.15, 0.2) is 41.9 Å². The van der Waals surface area contributed by atoms with Crippen LogP contribution in [0.5, 0.6) is 0 Å². The van der Waals surface area contributed by atoms with Crippen LogP contribution in [0.3, 0.4) is 0 Å². The lowest BCUT2D eigenvalue weighted by Crippen LogP contribution is -2.41. The number of rotatable bonds is 8. The Labute approximate surface area is 181 Å². The van der Waals surface area contributed by atoms with Crippen LogP contribution in [-0.4, -0.2) is 41.1 Å². The number of aliphatic imine (C=N–C) groups is 1. The van der Waals surface area contributed by atoms with Crippen molar-refractivity contribution in [3.8, 4) is 5.69 Å². The van der Waals surface area contributed by atoms with Crippen molar-refractivity contribution < 1.29 is 9.18 Å². The van der Waals surface area contributed by atoms with Crippen LogP contribution in [0.2, 0.25) is 0 Å². The summed E-state index contributed by atoms with van der Waals surface area (Å²) < 4.78 is 15.9. The summed E-state index contributed by atoms with van der Waals surface area (Å²) in [6.07, 6.45) is 6.87. The number of amides is 1. The van der Waals surface area contributed by atoms with E-state index in [2.05, 4.69) is 25.9 Å². The maximum atomic E-state index is 14.3. The molecule has 0 spiro atoms. The molecule has 1 amide bonds. The van der Waals surface area contributed by atoms with Crippen molar-refractivity contribution in [2.24, 2.45) is 10.9 Å². The highest BCUT2D eigenvalue weighted by Crippen LogP contribution is 2.28. The van der Waals surface area contributed by atoms with Gasteiger partial charge in [0.2, 0.25) is 5.91 Å². The topological polar surface area (TPSA) is 83.3 Å². The number of hydrogen-bond donors (Lipinski definition) is 3. The Morgan fingerprint density at radius 2 is 2.07 bits per heavy atom. The van der Waals surface area contributed by atoms with E-state index in [9.17, 15) is 9.18 Å². The summed E-state index contributed by atoms with van der Waals surface area (Å²) >= 11 is 0. The largest absolute Gasteiger partial charge is 0.357 e. The van der Waals surface area contributed by atoms with Crippen LogP contribution in [0.25, 0.3) is 5.69 Å². The van der Waals surface area contributed by atoms with Gasteiger partial charge >= 0.3 is 0 Å². The number of halogens is 2. The van der Waals surface area contributed by atoms with Gasteiger partial charge in [-0.15, -0.1) is 24.0 Å². The second kappa shape index (κ2) is 11.0. The Hall–Kier alpha value is -2.17. The molecule has 0 radical (unpaired) electrons. The Bertz CT molecular complexity index is 792. The third-order valence-corrected chi connectivity index (χ3v) is 4.22. The zero-order valence-electron chi connectivity index (χ0n) is 15.8. The van der Waals surface area contributed by atoms with E-state index in [1.165, 1.54) is 6.07 Å². The first kappa shape index (κ1) is 22.1. The first-order valence-corrected chi connectivity index (χ1v) is 9.24. The maximum absolute atomic E-state index is 14.3. The smallest absolute Gasteiger partial charge is 0.223 e. The molecule has 1 heterocycles. The van der Waals surface area contributed by atoms with Gasteiger partial charge in [0, 0.05) is 37.9 Å². The van der Waals surface area contributed by atoms with Crippen LogP contribution in [-0.2, 0) is 11.3 Å². The molecule has 1 aliphatic rings. The minimum absolute atomic E-state index is 0. The van der Waals surface area contributed by atoms with Crippen molar-refractivity contribution >= 4 is 35.8 Å². The highest BCUT2D eigenvalue weighted by molar-refractivity contribution is 14.0. The van der Waals surface area contributed by atoms with Gasteiger partial charge in [0.1, 0.15) is 5.82 Å². The summed E-state index contributed by atoms with van der Waals surface area (Å²) in [6.45, 7) is 4.18. The molecule has 0 unspecified atom stereocenters. The van der Waals surface area contributed by atoms with Gasteiger partial charge in [-0.05, 0) is 37.5 Å². The summed E-state index contributed by atoms with van der Waals surface area (Å²) in [5, 5.41) is 9.22.